The van der Waals surface area contributed by atoms with Crippen LogP contribution in [-0.4, -0.2) is 42.0 Å². The predicted molar refractivity (Wildman–Crippen MR) is 79.0 cm³/mol. The molecule has 3 rings (SSSR count). The minimum Gasteiger partial charge on any atom is -0.353 e. The van der Waals surface area contributed by atoms with E-state index in [0.29, 0.717) is 30.4 Å². The molecule has 2 heterocycles. The normalized spacial score (nSPS) is 21.1. The third-order valence-electron chi connectivity index (χ3n) is 4.23. The summed E-state index contributed by atoms with van der Waals surface area (Å²) in [5.74, 6) is -0.0268. The topological polar surface area (TPSA) is 49.4 Å². The molecular weight excluding hydrogens is 291 g/mol. The van der Waals surface area contributed by atoms with E-state index in [1.54, 1.807) is 11.0 Å². The number of rotatable bonds is 4. The Hall–Kier alpha value is -1.43. The van der Waals surface area contributed by atoms with Gasteiger partial charge in [0, 0.05) is 32.5 Å². The van der Waals surface area contributed by atoms with Crippen molar-refractivity contribution in [1.29, 1.82) is 0 Å². The summed E-state index contributed by atoms with van der Waals surface area (Å²) in [6.07, 6.45) is 2.42. The number of thiophene rings is 1. The minimum atomic E-state index is -1.82. The summed E-state index contributed by atoms with van der Waals surface area (Å²) >= 11 is 1.38. The van der Waals surface area contributed by atoms with Gasteiger partial charge in [0.15, 0.2) is 5.67 Å². The monoisotopic (exact) mass is 310 g/mol. The Labute approximate surface area is 127 Å². The molecule has 0 bridgehead atoms. The molecule has 114 valence electrons. The van der Waals surface area contributed by atoms with Gasteiger partial charge in [-0.05, 0) is 30.2 Å². The van der Waals surface area contributed by atoms with Crippen molar-refractivity contribution in [3.63, 3.8) is 0 Å². The molecule has 1 saturated carbocycles. The molecule has 1 aliphatic carbocycles. The van der Waals surface area contributed by atoms with Crippen LogP contribution >= 0.6 is 11.3 Å². The van der Waals surface area contributed by atoms with E-state index in [4.69, 9.17) is 0 Å². The van der Waals surface area contributed by atoms with Crippen LogP contribution < -0.4 is 5.32 Å². The van der Waals surface area contributed by atoms with Gasteiger partial charge in [-0.2, -0.15) is 0 Å². The van der Waals surface area contributed by atoms with E-state index < -0.39 is 11.6 Å². The average molecular weight is 310 g/mol. The number of nitrogens with one attached hydrogen (secondary N) is 1. The second kappa shape index (κ2) is 5.75. The number of carbonyl (C=O) groups excluding carboxylic acids is 2. The van der Waals surface area contributed by atoms with E-state index in [9.17, 15) is 14.0 Å². The summed E-state index contributed by atoms with van der Waals surface area (Å²) in [5.41, 5.74) is -1.82. The molecule has 1 saturated heterocycles. The Morgan fingerprint density at radius 1 is 1.38 bits per heavy atom. The fourth-order valence-corrected chi connectivity index (χ4v) is 3.26. The summed E-state index contributed by atoms with van der Waals surface area (Å²) in [5, 5.41) is 4.56. The highest BCUT2D eigenvalue weighted by atomic mass is 32.1. The number of halogens is 1. The van der Waals surface area contributed by atoms with Gasteiger partial charge < -0.3 is 10.2 Å². The number of hydrogen-bond acceptors (Lipinski definition) is 3. The average Bonchev–Trinajstić information content (AvgIpc) is 3.16. The molecule has 21 heavy (non-hydrogen) atoms. The zero-order valence-electron chi connectivity index (χ0n) is 11.8. The molecule has 1 aliphatic heterocycles. The quantitative estimate of drug-likeness (QED) is 0.927. The number of carbonyl (C=O) groups is 2. The van der Waals surface area contributed by atoms with Crippen LogP contribution in [0.3, 0.4) is 0 Å². The van der Waals surface area contributed by atoms with Crippen LogP contribution in [0.4, 0.5) is 4.39 Å². The van der Waals surface area contributed by atoms with Crippen molar-refractivity contribution in [1.82, 2.24) is 10.2 Å². The molecule has 1 aromatic rings. The van der Waals surface area contributed by atoms with Crippen LogP contribution in [0.1, 0.15) is 35.4 Å². The largest absolute Gasteiger partial charge is 0.353 e. The lowest BCUT2D eigenvalue weighted by Gasteiger charge is -2.35. The van der Waals surface area contributed by atoms with Crippen LogP contribution in [0.2, 0.25) is 0 Å². The number of alkyl halides is 1. The maximum atomic E-state index is 14.7. The molecular formula is C15H19FN2O2S. The SMILES string of the molecule is O=C(c1cccs1)N1CCC(F)(C(=O)NCC2CC2)CC1. The highest BCUT2D eigenvalue weighted by Gasteiger charge is 2.43. The van der Waals surface area contributed by atoms with Gasteiger partial charge in [0.25, 0.3) is 11.8 Å². The first-order chi connectivity index (χ1) is 10.1. The Balaban J connectivity index is 1.53. The molecule has 1 N–H and O–H groups in total. The summed E-state index contributed by atoms with van der Waals surface area (Å²) in [6, 6.07) is 3.60. The molecule has 0 aromatic carbocycles. The van der Waals surface area contributed by atoms with Gasteiger partial charge in [0.05, 0.1) is 4.88 Å². The summed E-state index contributed by atoms with van der Waals surface area (Å²) < 4.78 is 14.7. The molecule has 4 nitrogen and oxygen atoms in total. The molecule has 0 radical (unpaired) electrons. The third-order valence-corrected chi connectivity index (χ3v) is 5.09. The van der Waals surface area contributed by atoms with Crippen molar-refractivity contribution in [3.8, 4) is 0 Å². The zero-order chi connectivity index (χ0) is 14.9. The minimum absolute atomic E-state index is 0.0644. The molecule has 2 fully saturated rings. The van der Waals surface area contributed by atoms with Gasteiger partial charge in [-0.1, -0.05) is 6.07 Å². The first kappa shape index (κ1) is 14.5. The van der Waals surface area contributed by atoms with Crippen LogP contribution in [0.5, 0.6) is 0 Å². The molecule has 0 unspecified atom stereocenters. The maximum absolute atomic E-state index is 14.7. The van der Waals surface area contributed by atoms with Crippen LogP contribution in [0.25, 0.3) is 0 Å². The highest BCUT2D eigenvalue weighted by molar-refractivity contribution is 7.12. The van der Waals surface area contributed by atoms with Crippen molar-refractivity contribution in [2.24, 2.45) is 5.92 Å². The molecule has 1 aromatic heterocycles. The van der Waals surface area contributed by atoms with E-state index in [2.05, 4.69) is 5.32 Å². The molecule has 2 amide bonds. The molecule has 0 atom stereocenters. The lowest BCUT2D eigenvalue weighted by molar-refractivity contribution is -0.135. The molecule has 2 aliphatic rings. The highest BCUT2D eigenvalue weighted by Crippen LogP contribution is 2.30. The summed E-state index contributed by atoms with van der Waals surface area (Å²) in [4.78, 5) is 26.5. The van der Waals surface area contributed by atoms with Crippen molar-refractivity contribution in [2.45, 2.75) is 31.4 Å². The Morgan fingerprint density at radius 3 is 2.67 bits per heavy atom. The smallest absolute Gasteiger partial charge is 0.263 e. The van der Waals surface area contributed by atoms with Crippen LogP contribution in [0.15, 0.2) is 17.5 Å². The molecule has 0 spiro atoms. The van der Waals surface area contributed by atoms with Gasteiger partial charge in [0.2, 0.25) is 0 Å². The lowest BCUT2D eigenvalue weighted by Crippen LogP contribution is -2.52. The van der Waals surface area contributed by atoms with E-state index in [1.165, 1.54) is 11.3 Å². The summed E-state index contributed by atoms with van der Waals surface area (Å²) in [7, 11) is 0. The van der Waals surface area contributed by atoms with E-state index in [1.807, 2.05) is 11.4 Å². The number of nitrogens with zero attached hydrogens (tertiary/aromatic N) is 1. The van der Waals surface area contributed by atoms with Crippen molar-refractivity contribution >= 4 is 23.2 Å². The Morgan fingerprint density at radius 2 is 2.10 bits per heavy atom. The summed E-state index contributed by atoms with van der Waals surface area (Å²) in [6.45, 7) is 1.18. The van der Waals surface area contributed by atoms with E-state index >= 15 is 0 Å². The maximum Gasteiger partial charge on any atom is 0.263 e. The fourth-order valence-electron chi connectivity index (χ4n) is 2.56. The molecule has 6 heteroatoms. The van der Waals surface area contributed by atoms with Gasteiger partial charge >= 0.3 is 0 Å². The lowest BCUT2D eigenvalue weighted by atomic mass is 9.92. The Kier molecular flexibility index (Phi) is 3.97. The standard InChI is InChI=1S/C15H19FN2O2S/c16-15(14(20)17-10-11-3-4-11)5-7-18(8-6-15)13(19)12-2-1-9-21-12/h1-2,9,11H,3-8,10H2,(H,17,20). The zero-order valence-corrected chi connectivity index (χ0v) is 12.6. The first-order valence-electron chi connectivity index (χ1n) is 7.38. The second-order valence-corrected chi connectivity index (χ2v) is 6.84. The Bertz CT molecular complexity index is 520. The van der Waals surface area contributed by atoms with Gasteiger partial charge in [-0.25, -0.2) is 4.39 Å². The number of piperidine rings is 1. The van der Waals surface area contributed by atoms with Crippen molar-refractivity contribution in [3.05, 3.63) is 22.4 Å². The van der Waals surface area contributed by atoms with Gasteiger partial charge in [0.1, 0.15) is 0 Å². The fraction of sp³-hybridized carbons (Fsp3) is 0.600. The van der Waals surface area contributed by atoms with Crippen molar-refractivity contribution in [2.75, 3.05) is 19.6 Å². The number of likely N-dealkylation sites (tertiary alicyclic amines) is 1. The van der Waals surface area contributed by atoms with Crippen LogP contribution in [-0.2, 0) is 4.79 Å². The number of amides is 2. The van der Waals surface area contributed by atoms with Gasteiger partial charge in [-0.3, -0.25) is 9.59 Å². The number of hydrogen-bond donors (Lipinski definition) is 1. The van der Waals surface area contributed by atoms with Crippen LogP contribution in [0, 0.1) is 5.92 Å². The van der Waals surface area contributed by atoms with Crippen molar-refractivity contribution < 1.29 is 14.0 Å². The third kappa shape index (κ3) is 3.26. The second-order valence-electron chi connectivity index (χ2n) is 5.89. The van der Waals surface area contributed by atoms with E-state index in [0.717, 1.165) is 12.8 Å². The van der Waals surface area contributed by atoms with Gasteiger partial charge in [-0.15, -0.1) is 11.3 Å². The first-order valence-corrected chi connectivity index (χ1v) is 8.26. The van der Waals surface area contributed by atoms with E-state index in [-0.39, 0.29) is 18.7 Å². The predicted octanol–water partition coefficient (Wildman–Crippen LogP) is 2.22.